The Bertz CT molecular complexity index is 1350. The van der Waals surface area contributed by atoms with Crippen LogP contribution >= 0.6 is 0 Å². The Hall–Kier alpha value is -4.84. The molecular weight excluding hydrogens is 430 g/mol. The molecule has 0 saturated carbocycles. The fraction of sp³-hybridized carbons (Fsp3) is 0. The van der Waals surface area contributed by atoms with E-state index >= 15 is 0 Å². The number of ketones is 2. The fourth-order valence-corrected chi connectivity index (χ4v) is 3.90. The van der Waals surface area contributed by atoms with E-state index < -0.39 is 23.4 Å². The first kappa shape index (κ1) is 21.0. The van der Waals surface area contributed by atoms with Crippen LogP contribution in [-0.4, -0.2) is 23.4 Å². The van der Waals surface area contributed by atoms with Crippen LogP contribution < -0.4 is 10.1 Å². The van der Waals surface area contributed by atoms with Crippen LogP contribution in [0.25, 0.3) is 0 Å². The maximum atomic E-state index is 13.5. The van der Waals surface area contributed by atoms with Gasteiger partial charge < -0.3 is 10.1 Å². The molecule has 0 radical (unpaired) electrons. The molecule has 1 aliphatic rings. The van der Waals surface area contributed by atoms with Crippen LogP contribution in [0.5, 0.6) is 5.75 Å². The summed E-state index contributed by atoms with van der Waals surface area (Å²) in [5, 5.41) is 2.73. The van der Waals surface area contributed by atoms with Crippen molar-refractivity contribution in [3.63, 3.8) is 0 Å². The van der Waals surface area contributed by atoms with E-state index in [4.69, 9.17) is 4.74 Å². The first-order valence-corrected chi connectivity index (χ1v) is 10.5. The monoisotopic (exact) mass is 447 g/mol. The predicted molar refractivity (Wildman–Crippen MR) is 126 cm³/mol. The summed E-state index contributed by atoms with van der Waals surface area (Å²) in [7, 11) is 0. The van der Waals surface area contributed by atoms with Crippen molar-refractivity contribution in [2.75, 3.05) is 5.32 Å². The van der Waals surface area contributed by atoms with Crippen LogP contribution in [0.1, 0.15) is 52.6 Å². The maximum Gasteiger partial charge on any atom is 0.343 e. The molecule has 164 valence electrons. The molecule has 1 amide bonds. The highest BCUT2D eigenvalue weighted by Gasteiger charge is 2.35. The number of carbonyl (C=O) groups is 4. The molecule has 34 heavy (non-hydrogen) atoms. The molecule has 5 rings (SSSR count). The summed E-state index contributed by atoms with van der Waals surface area (Å²) in [6, 6.07) is 26.2. The highest BCUT2D eigenvalue weighted by Crippen LogP contribution is 2.38. The number of hydrogen-bond acceptors (Lipinski definition) is 5. The van der Waals surface area contributed by atoms with Crippen LogP contribution in [0.2, 0.25) is 0 Å². The Morgan fingerprint density at radius 1 is 0.588 bits per heavy atom. The van der Waals surface area contributed by atoms with Crippen molar-refractivity contribution in [1.82, 2.24) is 0 Å². The predicted octanol–water partition coefficient (Wildman–Crippen LogP) is 4.93. The number of hydrogen-bond donors (Lipinski definition) is 1. The molecule has 0 spiro atoms. The summed E-state index contributed by atoms with van der Waals surface area (Å²) in [5.41, 5.74) is 1.23. The first-order chi connectivity index (χ1) is 16.5. The van der Waals surface area contributed by atoms with Crippen molar-refractivity contribution in [3.8, 4) is 5.75 Å². The zero-order valence-corrected chi connectivity index (χ0v) is 17.8. The van der Waals surface area contributed by atoms with Gasteiger partial charge in [-0.1, -0.05) is 60.7 Å². The van der Waals surface area contributed by atoms with E-state index in [-0.39, 0.29) is 33.7 Å². The quantitative estimate of drug-likeness (QED) is 0.312. The summed E-state index contributed by atoms with van der Waals surface area (Å²) in [5.74, 6) is -2.05. The number of esters is 1. The van der Waals surface area contributed by atoms with Gasteiger partial charge in [0.2, 0.25) is 0 Å². The molecule has 0 bridgehead atoms. The van der Waals surface area contributed by atoms with Gasteiger partial charge in [-0.05, 0) is 36.4 Å². The van der Waals surface area contributed by atoms with E-state index in [9.17, 15) is 19.2 Å². The minimum Gasteiger partial charge on any atom is -0.422 e. The van der Waals surface area contributed by atoms with Gasteiger partial charge in [-0.3, -0.25) is 14.4 Å². The molecule has 1 N–H and O–H groups in total. The number of rotatable bonds is 4. The molecule has 0 heterocycles. The number of carbonyl (C=O) groups excluding carboxylic acids is 4. The Labute approximate surface area is 194 Å². The molecule has 0 fully saturated rings. The summed E-state index contributed by atoms with van der Waals surface area (Å²) in [6.45, 7) is 0. The maximum absolute atomic E-state index is 13.5. The second kappa shape index (κ2) is 8.60. The van der Waals surface area contributed by atoms with E-state index in [1.54, 1.807) is 84.9 Å². The average molecular weight is 447 g/mol. The number of fused-ring (bicyclic) bond motifs is 2. The highest BCUT2D eigenvalue weighted by atomic mass is 16.5. The van der Waals surface area contributed by atoms with Crippen LogP contribution in [0, 0.1) is 0 Å². The van der Waals surface area contributed by atoms with Crippen LogP contribution in [0.3, 0.4) is 0 Å². The van der Waals surface area contributed by atoms with E-state index in [0.717, 1.165) is 0 Å². The second-order valence-electron chi connectivity index (χ2n) is 7.64. The summed E-state index contributed by atoms with van der Waals surface area (Å²) in [6.07, 6.45) is 0. The number of nitrogens with one attached hydrogen (secondary N) is 1. The lowest BCUT2D eigenvalue weighted by atomic mass is 9.82. The third kappa shape index (κ3) is 3.67. The number of amides is 1. The van der Waals surface area contributed by atoms with Crippen molar-refractivity contribution in [2.24, 2.45) is 0 Å². The first-order valence-electron chi connectivity index (χ1n) is 10.5. The normalized spacial score (nSPS) is 11.9. The Kier molecular flexibility index (Phi) is 5.32. The third-order valence-corrected chi connectivity index (χ3v) is 5.53. The van der Waals surface area contributed by atoms with Crippen molar-refractivity contribution < 1.29 is 23.9 Å². The minimum atomic E-state index is -0.664. The van der Waals surface area contributed by atoms with Crippen LogP contribution in [0.15, 0.2) is 97.1 Å². The number of benzene rings is 4. The smallest absolute Gasteiger partial charge is 0.343 e. The van der Waals surface area contributed by atoms with Crippen molar-refractivity contribution in [1.29, 1.82) is 0 Å². The molecule has 0 atom stereocenters. The summed E-state index contributed by atoms with van der Waals surface area (Å²) in [4.78, 5) is 52.4. The van der Waals surface area contributed by atoms with E-state index in [1.165, 1.54) is 12.1 Å². The number of ether oxygens (including phenoxy) is 1. The van der Waals surface area contributed by atoms with E-state index in [1.807, 2.05) is 0 Å². The van der Waals surface area contributed by atoms with Gasteiger partial charge in [0.1, 0.15) is 5.75 Å². The fourth-order valence-electron chi connectivity index (χ4n) is 3.90. The molecule has 0 aromatic heterocycles. The topological polar surface area (TPSA) is 89.5 Å². The third-order valence-electron chi connectivity index (χ3n) is 5.53. The average Bonchev–Trinajstić information content (AvgIpc) is 2.89. The zero-order valence-electron chi connectivity index (χ0n) is 17.8. The number of anilines is 1. The minimum absolute atomic E-state index is 0.00802. The molecule has 4 aromatic rings. The lowest BCUT2D eigenvalue weighted by molar-refractivity contribution is 0.0731. The Morgan fingerprint density at radius 3 is 1.74 bits per heavy atom. The Morgan fingerprint density at radius 2 is 1.12 bits per heavy atom. The molecule has 6 nitrogen and oxygen atoms in total. The van der Waals surface area contributed by atoms with Crippen LogP contribution in [-0.2, 0) is 0 Å². The van der Waals surface area contributed by atoms with Gasteiger partial charge >= 0.3 is 5.97 Å². The molecule has 0 aliphatic heterocycles. The van der Waals surface area contributed by atoms with Gasteiger partial charge in [-0.15, -0.1) is 0 Å². The van der Waals surface area contributed by atoms with Gasteiger partial charge in [0, 0.05) is 16.7 Å². The summed E-state index contributed by atoms with van der Waals surface area (Å²) >= 11 is 0. The largest absolute Gasteiger partial charge is 0.422 e. The molecule has 6 heteroatoms. The molecule has 0 saturated heterocycles. The lowest BCUT2D eigenvalue weighted by Crippen LogP contribution is -2.25. The van der Waals surface area contributed by atoms with Gasteiger partial charge in [0.25, 0.3) is 5.91 Å². The van der Waals surface area contributed by atoms with Crippen LogP contribution in [0.4, 0.5) is 5.69 Å². The molecular formula is C28H17NO5. The SMILES string of the molecule is O=C(Nc1ccc(OC(=O)c2ccccc2)c2c1C(=O)c1ccccc1C2=O)c1ccccc1. The molecule has 4 aromatic carbocycles. The zero-order chi connectivity index (χ0) is 23.7. The highest BCUT2D eigenvalue weighted by molar-refractivity contribution is 6.31. The van der Waals surface area contributed by atoms with Gasteiger partial charge in [-0.2, -0.15) is 0 Å². The van der Waals surface area contributed by atoms with E-state index in [2.05, 4.69) is 5.32 Å². The molecule has 1 aliphatic carbocycles. The van der Waals surface area contributed by atoms with E-state index in [0.29, 0.717) is 11.1 Å². The summed E-state index contributed by atoms with van der Waals surface area (Å²) < 4.78 is 5.55. The van der Waals surface area contributed by atoms with Crippen molar-refractivity contribution >= 4 is 29.1 Å². The van der Waals surface area contributed by atoms with Crippen molar-refractivity contribution in [2.45, 2.75) is 0 Å². The van der Waals surface area contributed by atoms with Gasteiger partial charge in [0.05, 0.1) is 22.4 Å². The Balaban J connectivity index is 1.61. The van der Waals surface area contributed by atoms with Gasteiger partial charge in [-0.25, -0.2) is 4.79 Å². The van der Waals surface area contributed by atoms with Crippen molar-refractivity contribution in [3.05, 3.63) is 130 Å². The van der Waals surface area contributed by atoms with Gasteiger partial charge in [0.15, 0.2) is 11.6 Å². The standard InChI is InChI=1S/C28H17NO5/c30-25-19-13-7-8-14-20(19)26(31)24-22(34-28(33)18-11-5-2-6-12-18)16-15-21(23(24)25)29-27(32)17-9-3-1-4-10-17/h1-16H,(H,29,32). The second-order valence-corrected chi connectivity index (χ2v) is 7.64. The molecule has 0 unspecified atom stereocenters. The lowest BCUT2D eigenvalue weighted by Gasteiger charge is -2.22.